The average molecular weight is 338 g/mol. The maximum absolute atomic E-state index is 11.8. The summed E-state index contributed by atoms with van der Waals surface area (Å²) >= 11 is 7.51. The van der Waals surface area contributed by atoms with Crippen LogP contribution in [0.5, 0.6) is 0 Å². The third-order valence-corrected chi connectivity index (χ3v) is 4.59. The molecule has 0 aliphatic heterocycles. The lowest BCUT2D eigenvalue weighted by molar-refractivity contribution is -0.122. The number of benzene rings is 1. The van der Waals surface area contributed by atoms with E-state index in [2.05, 4.69) is 10.3 Å². The number of nitrogens with two attached hydrogens (primary N) is 1. The van der Waals surface area contributed by atoms with Crippen molar-refractivity contribution in [3.05, 3.63) is 39.2 Å². The standard InChI is InChI=1S/C16H20ClN3OS/c1-9(18)8-14(21)19-10(2)16-20-15(11(3)22-16)12-4-6-13(17)7-5-12/h4-7,9-10H,8,18H2,1-3H3,(H,19,21). The molecule has 1 aromatic heterocycles. The van der Waals surface area contributed by atoms with E-state index in [1.807, 2.05) is 45.0 Å². The molecule has 1 aromatic carbocycles. The molecule has 2 aromatic rings. The number of hydrogen-bond acceptors (Lipinski definition) is 4. The van der Waals surface area contributed by atoms with Gasteiger partial charge in [-0.3, -0.25) is 4.79 Å². The second kappa shape index (κ2) is 7.22. The lowest BCUT2D eigenvalue weighted by Crippen LogP contribution is -2.31. The highest BCUT2D eigenvalue weighted by Crippen LogP contribution is 2.31. The number of nitrogens with one attached hydrogen (secondary N) is 1. The van der Waals surface area contributed by atoms with Gasteiger partial charge in [0.2, 0.25) is 5.91 Å². The molecule has 1 amide bonds. The van der Waals surface area contributed by atoms with Crippen LogP contribution in [0.3, 0.4) is 0 Å². The van der Waals surface area contributed by atoms with Crippen molar-refractivity contribution in [2.24, 2.45) is 5.73 Å². The fraction of sp³-hybridized carbons (Fsp3) is 0.375. The topological polar surface area (TPSA) is 68.0 Å². The molecule has 0 aliphatic carbocycles. The molecule has 22 heavy (non-hydrogen) atoms. The van der Waals surface area contributed by atoms with Gasteiger partial charge in [-0.2, -0.15) is 0 Å². The second-order valence-electron chi connectivity index (χ2n) is 5.43. The molecule has 1 heterocycles. The zero-order chi connectivity index (χ0) is 16.3. The second-order valence-corrected chi connectivity index (χ2v) is 7.11. The van der Waals surface area contributed by atoms with E-state index in [9.17, 15) is 4.79 Å². The van der Waals surface area contributed by atoms with Crippen molar-refractivity contribution in [2.45, 2.75) is 39.3 Å². The first-order chi connectivity index (χ1) is 10.4. The van der Waals surface area contributed by atoms with Crippen LogP contribution in [0.4, 0.5) is 0 Å². The van der Waals surface area contributed by atoms with Crippen LogP contribution in [0, 0.1) is 6.92 Å². The van der Waals surface area contributed by atoms with Gasteiger partial charge in [-0.25, -0.2) is 4.98 Å². The lowest BCUT2D eigenvalue weighted by atomic mass is 10.1. The van der Waals surface area contributed by atoms with E-state index in [1.54, 1.807) is 11.3 Å². The molecule has 4 nitrogen and oxygen atoms in total. The molecule has 0 saturated heterocycles. The quantitative estimate of drug-likeness (QED) is 0.874. The molecule has 3 N–H and O–H groups in total. The van der Waals surface area contributed by atoms with Crippen LogP contribution < -0.4 is 11.1 Å². The Labute approximate surface area is 139 Å². The minimum absolute atomic E-state index is 0.0524. The summed E-state index contributed by atoms with van der Waals surface area (Å²) in [5, 5.41) is 4.53. The molecule has 0 radical (unpaired) electrons. The van der Waals surface area contributed by atoms with E-state index >= 15 is 0 Å². The highest BCUT2D eigenvalue weighted by Gasteiger charge is 2.17. The fourth-order valence-corrected chi connectivity index (χ4v) is 3.20. The number of nitrogens with zero attached hydrogens (tertiary/aromatic N) is 1. The molecule has 2 rings (SSSR count). The van der Waals surface area contributed by atoms with E-state index in [4.69, 9.17) is 17.3 Å². The third-order valence-electron chi connectivity index (χ3n) is 3.19. The molecule has 118 valence electrons. The van der Waals surface area contributed by atoms with E-state index in [-0.39, 0.29) is 18.0 Å². The van der Waals surface area contributed by atoms with Gasteiger partial charge in [0.1, 0.15) is 5.01 Å². The highest BCUT2D eigenvalue weighted by molar-refractivity contribution is 7.12. The molecule has 0 saturated carbocycles. The Balaban J connectivity index is 2.15. The van der Waals surface area contributed by atoms with Crippen LogP contribution in [-0.4, -0.2) is 16.9 Å². The van der Waals surface area contributed by atoms with Gasteiger partial charge in [0.05, 0.1) is 11.7 Å². The predicted octanol–water partition coefficient (Wildman–Crippen LogP) is 3.69. The maximum atomic E-state index is 11.8. The van der Waals surface area contributed by atoms with E-state index in [0.29, 0.717) is 11.4 Å². The number of aromatic nitrogens is 1. The van der Waals surface area contributed by atoms with Gasteiger partial charge in [-0.15, -0.1) is 11.3 Å². The molecule has 2 atom stereocenters. The van der Waals surface area contributed by atoms with Gasteiger partial charge in [0.15, 0.2) is 0 Å². The van der Waals surface area contributed by atoms with E-state index in [0.717, 1.165) is 21.1 Å². The smallest absolute Gasteiger partial charge is 0.222 e. The first kappa shape index (κ1) is 16.9. The number of carbonyl (C=O) groups is 1. The van der Waals surface area contributed by atoms with Crippen molar-refractivity contribution in [1.29, 1.82) is 0 Å². The highest BCUT2D eigenvalue weighted by atomic mass is 35.5. The Morgan fingerprint density at radius 1 is 1.36 bits per heavy atom. The van der Waals surface area contributed by atoms with Gasteiger partial charge >= 0.3 is 0 Å². The van der Waals surface area contributed by atoms with Gasteiger partial charge in [0.25, 0.3) is 0 Å². The molecule has 2 unspecified atom stereocenters. The summed E-state index contributed by atoms with van der Waals surface area (Å²) in [5.74, 6) is -0.0524. The molecule has 6 heteroatoms. The number of halogens is 1. The van der Waals surface area contributed by atoms with Crippen LogP contribution in [0.15, 0.2) is 24.3 Å². The fourth-order valence-electron chi connectivity index (χ4n) is 2.13. The molecule has 0 fully saturated rings. The summed E-state index contributed by atoms with van der Waals surface area (Å²) in [5.41, 5.74) is 7.60. The third kappa shape index (κ3) is 4.29. The van der Waals surface area contributed by atoms with Crippen LogP contribution in [-0.2, 0) is 4.79 Å². The number of rotatable bonds is 5. The Kier molecular flexibility index (Phi) is 5.56. The van der Waals surface area contributed by atoms with E-state index < -0.39 is 0 Å². The van der Waals surface area contributed by atoms with Crippen LogP contribution in [0.2, 0.25) is 5.02 Å². The van der Waals surface area contributed by atoms with Crippen molar-refractivity contribution < 1.29 is 4.79 Å². The number of amides is 1. The first-order valence-corrected chi connectivity index (χ1v) is 8.34. The summed E-state index contributed by atoms with van der Waals surface area (Å²) in [6.45, 7) is 5.78. The minimum atomic E-state index is -0.144. The molecule has 0 bridgehead atoms. The zero-order valence-corrected chi connectivity index (χ0v) is 14.5. The number of aryl methyl sites for hydroxylation is 1. The van der Waals surface area contributed by atoms with Crippen molar-refractivity contribution >= 4 is 28.8 Å². The summed E-state index contributed by atoms with van der Waals surface area (Å²) in [6, 6.07) is 7.33. The predicted molar refractivity (Wildman–Crippen MR) is 92.1 cm³/mol. The van der Waals surface area contributed by atoms with Gasteiger partial charge < -0.3 is 11.1 Å². The van der Waals surface area contributed by atoms with Crippen LogP contribution >= 0.6 is 22.9 Å². The Morgan fingerprint density at radius 3 is 2.59 bits per heavy atom. The van der Waals surface area contributed by atoms with Gasteiger partial charge in [-0.05, 0) is 32.9 Å². The summed E-state index contributed by atoms with van der Waals surface area (Å²) in [6.07, 6.45) is 0.318. The number of carbonyl (C=O) groups excluding carboxylic acids is 1. The maximum Gasteiger partial charge on any atom is 0.222 e. The Hall–Kier alpha value is -1.43. The molecular formula is C16H20ClN3OS. The van der Waals surface area contributed by atoms with Crippen molar-refractivity contribution in [1.82, 2.24) is 10.3 Å². The molecule has 0 aliphatic rings. The largest absolute Gasteiger partial charge is 0.347 e. The van der Waals surface area contributed by atoms with E-state index in [1.165, 1.54) is 0 Å². The summed E-state index contributed by atoms with van der Waals surface area (Å²) in [4.78, 5) is 17.6. The van der Waals surface area contributed by atoms with Crippen molar-refractivity contribution in [3.8, 4) is 11.3 Å². The normalized spacial score (nSPS) is 13.7. The Morgan fingerprint density at radius 2 is 2.00 bits per heavy atom. The van der Waals surface area contributed by atoms with Crippen LogP contribution in [0.1, 0.15) is 36.2 Å². The summed E-state index contributed by atoms with van der Waals surface area (Å²) in [7, 11) is 0. The number of thiazole rings is 1. The minimum Gasteiger partial charge on any atom is -0.347 e. The van der Waals surface area contributed by atoms with Gasteiger partial charge in [0, 0.05) is 27.9 Å². The lowest BCUT2D eigenvalue weighted by Gasteiger charge is -2.12. The number of hydrogen-bond donors (Lipinski definition) is 2. The van der Waals surface area contributed by atoms with Crippen molar-refractivity contribution in [2.75, 3.05) is 0 Å². The van der Waals surface area contributed by atoms with Crippen LogP contribution in [0.25, 0.3) is 11.3 Å². The Bertz CT molecular complexity index is 652. The zero-order valence-electron chi connectivity index (χ0n) is 12.9. The monoisotopic (exact) mass is 337 g/mol. The van der Waals surface area contributed by atoms with Crippen molar-refractivity contribution in [3.63, 3.8) is 0 Å². The average Bonchev–Trinajstić information content (AvgIpc) is 2.81. The first-order valence-electron chi connectivity index (χ1n) is 7.15. The SMILES string of the molecule is Cc1sc(C(C)NC(=O)CC(C)N)nc1-c1ccc(Cl)cc1. The summed E-state index contributed by atoms with van der Waals surface area (Å²) < 4.78 is 0. The molecular weight excluding hydrogens is 318 g/mol. The molecule has 0 spiro atoms. The van der Waals surface area contributed by atoms with Gasteiger partial charge in [-0.1, -0.05) is 23.7 Å².